The van der Waals surface area contributed by atoms with Crippen LogP contribution in [0.3, 0.4) is 0 Å². The van der Waals surface area contributed by atoms with Crippen molar-refractivity contribution in [3.05, 3.63) is 0 Å². The Bertz CT molecular complexity index is 345. The number of hydrogen-bond acceptors (Lipinski definition) is 2. The van der Waals surface area contributed by atoms with Crippen molar-refractivity contribution < 1.29 is 4.74 Å². The van der Waals surface area contributed by atoms with Crippen LogP contribution in [0, 0.1) is 0 Å². The first-order chi connectivity index (χ1) is 13.1. The fourth-order valence-corrected chi connectivity index (χ4v) is 4.66. The second-order valence-corrected chi connectivity index (χ2v) is 9.14. The molecule has 2 nitrogen and oxygen atoms in total. The first-order valence-electron chi connectivity index (χ1n) is 12.6. The van der Waals surface area contributed by atoms with Gasteiger partial charge in [-0.25, -0.2) is 0 Å². The summed E-state index contributed by atoms with van der Waals surface area (Å²) in [4.78, 5) is 0. The number of ether oxygens (including phenoxy) is 1. The van der Waals surface area contributed by atoms with Gasteiger partial charge in [0.05, 0.1) is 0 Å². The Hall–Kier alpha value is -0.0800. The van der Waals surface area contributed by atoms with E-state index in [9.17, 15) is 0 Å². The molecule has 0 aromatic rings. The molecule has 1 saturated heterocycles. The zero-order chi connectivity index (χ0) is 19.8. The van der Waals surface area contributed by atoms with Gasteiger partial charge in [0.15, 0.2) is 0 Å². The molecule has 1 aliphatic rings. The maximum absolute atomic E-state index is 6.61. The Morgan fingerprint density at radius 3 is 1.30 bits per heavy atom. The summed E-state index contributed by atoms with van der Waals surface area (Å²) in [6.07, 6.45) is 26.7. The fourth-order valence-electron chi connectivity index (χ4n) is 4.66. The van der Waals surface area contributed by atoms with Crippen molar-refractivity contribution in [2.24, 2.45) is 5.73 Å². The second-order valence-electron chi connectivity index (χ2n) is 9.14. The average Bonchev–Trinajstić information content (AvgIpc) is 3.27. The standard InChI is InChI=1S/C25H51NO/c1-4-7-9-11-13-15-17-19-21-23-25(26)24(6-3,27-25)22-20-18-16-14-12-10-8-5-2/h4-23,26H2,1-3H3. The van der Waals surface area contributed by atoms with E-state index >= 15 is 0 Å². The van der Waals surface area contributed by atoms with Crippen LogP contribution in [0.15, 0.2) is 0 Å². The molecule has 0 spiro atoms. The highest BCUT2D eigenvalue weighted by atomic mass is 16.6. The van der Waals surface area contributed by atoms with Crippen LogP contribution in [-0.2, 0) is 4.74 Å². The molecule has 1 fully saturated rings. The van der Waals surface area contributed by atoms with Gasteiger partial charge in [0.2, 0.25) is 0 Å². The third kappa shape index (κ3) is 9.79. The van der Waals surface area contributed by atoms with Gasteiger partial charge in [-0.05, 0) is 25.7 Å². The number of rotatable bonds is 20. The highest BCUT2D eigenvalue weighted by molar-refractivity contribution is 5.11. The van der Waals surface area contributed by atoms with Gasteiger partial charge >= 0.3 is 0 Å². The smallest absolute Gasteiger partial charge is 0.147 e. The molecule has 162 valence electrons. The van der Waals surface area contributed by atoms with E-state index in [1.54, 1.807) is 0 Å². The molecule has 2 atom stereocenters. The molecule has 2 N–H and O–H groups in total. The molecule has 0 bridgehead atoms. The zero-order valence-electron chi connectivity index (χ0n) is 19.1. The van der Waals surface area contributed by atoms with Gasteiger partial charge in [-0.15, -0.1) is 0 Å². The predicted octanol–water partition coefficient (Wildman–Crippen LogP) is 8.27. The highest BCUT2D eigenvalue weighted by Gasteiger charge is 2.65. The monoisotopic (exact) mass is 381 g/mol. The Balaban J connectivity index is 2.02. The van der Waals surface area contributed by atoms with E-state index in [1.165, 1.54) is 116 Å². The molecule has 1 heterocycles. The van der Waals surface area contributed by atoms with Gasteiger partial charge in [0.1, 0.15) is 11.3 Å². The van der Waals surface area contributed by atoms with Gasteiger partial charge < -0.3 is 10.5 Å². The lowest BCUT2D eigenvalue weighted by Gasteiger charge is -2.15. The van der Waals surface area contributed by atoms with Gasteiger partial charge in [0, 0.05) is 0 Å². The van der Waals surface area contributed by atoms with E-state index in [1.807, 2.05) is 0 Å². The SMILES string of the molecule is CCCCCCCCCCCC1(N)OC1(CC)CCCCCCCCCC. The minimum atomic E-state index is -0.302. The molecule has 0 saturated carbocycles. The minimum absolute atomic E-state index is 0.00929. The molecular formula is C25H51NO. The molecule has 27 heavy (non-hydrogen) atoms. The number of unbranched alkanes of at least 4 members (excludes halogenated alkanes) is 15. The van der Waals surface area contributed by atoms with E-state index in [0.29, 0.717) is 0 Å². The van der Waals surface area contributed by atoms with Crippen LogP contribution in [0.5, 0.6) is 0 Å². The van der Waals surface area contributed by atoms with E-state index < -0.39 is 0 Å². The summed E-state index contributed by atoms with van der Waals surface area (Å²) in [6, 6.07) is 0. The summed E-state index contributed by atoms with van der Waals surface area (Å²) in [7, 11) is 0. The maximum atomic E-state index is 6.61. The molecule has 1 aliphatic heterocycles. The largest absolute Gasteiger partial charge is 0.347 e. The first-order valence-corrected chi connectivity index (χ1v) is 12.6. The topological polar surface area (TPSA) is 38.5 Å². The van der Waals surface area contributed by atoms with Crippen LogP contribution in [0.25, 0.3) is 0 Å². The van der Waals surface area contributed by atoms with Gasteiger partial charge in [-0.1, -0.05) is 124 Å². The molecule has 0 amide bonds. The van der Waals surface area contributed by atoms with Crippen molar-refractivity contribution in [1.29, 1.82) is 0 Å². The average molecular weight is 382 g/mol. The first kappa shape index (κ1) is 25.0. The van der Waals surface area contributed by atoms with Crippen molar-refractivity contribution >= 4 is 0 Å². The molecule has 0 aromatic carbocycles. The third-order valence-electron chi connectivity index (χ3n) is 6.76. The molecular weight excluding hydrogens is 330 g/mol. The Morgan fingerprint density at radius 1 is 0.519 bits per heavy atom. The van der Waals surface area contributed by atoms with Crippen LogP contribution in [0.4, 0.5) is 0 Å². The van der Waals surface area contributed by atoms with Crippen molar-refractivity contribution in [1.82, 2.24) is 0 Å². The Labute approximate surface area is 171 Å². The van der Waals surface area contributed by atoms with Gasteiger partial charge in [0.25, 0.3) is 0 Å². The lowest BCUT2D eigenvalue weighted by molar-refractivity contribution is 0.240. The maximum Gasteiger partial charge on any atom is 0.147 e. The van der Waals surface area contributed by atoms with Crippen LogP contribution in [-0.4, -0.2) is 11.3 Å². The van der Waals surface area contributed by atoms with Crippen LogP contribution in [0.2, 0.25) is 0 Å². The number of epoxide rings is 1. The summed E-state index contributed by atoms with van der Waals surface area (Å²) < 4.78 is 6.15. The van der Waals surface area contributed by atoms with Crippen molar-refractivity contribution in [2.75, 3.05) is 0 Å². The summed E-state index contributed by atoms with van der Waals surface area (Å²) in [6.45, 7) is 6.83. The summed E-state index contributed by atoms with van der Waals surface area (Å²) in [5, 5.41) is 0. The number of nitrogens with two attached hydrogens (primary N) is 1. The Kier molecular flexibility index (Phi) is 13.7. The van der Waals surface area contributed by atoms with Gasteiger partial charge in [-0.2, -0.15) is 0 Å². The molecule has 1 rings (SSSR count). The quantitative estimate of drug-likeness (QED) is 0.170. The van der Waals surface area contributed by atoms with Crippen LogP contribution >= 0.6 is 0 Å². The summed E-state index contributed by atoms with van der Waals surface area (Å²) in [5.41, 5.74) is 6.31. The normalized spacial score (nSPS) is 24.4. The Morgan fingerprint density at radius 2 is 0.889 bits per heavy atom. The van der Waals surface area contributed by atoms with Crippen molar-refractivity contribution in [3.8, 4) is 0 Å². The molecule has 0 aromatic heterocycles. The predicted molar refractivity (Wildman–Crippen MR) is 120 cm³/mol. The number of hydrogen-bond donors (Lipinski definition) is 1. The summed E-state index contributed by atoms with van der Waals surface area (Å²) >= 11 is 0. The summed E-state index contributed by atoms with van der Waals surface area (Å²) in [5.74, 6) is 0. The fraction of sp³-hybridized carbons (Fsp3) is 1.00. The van der Waals surface area contributed by atoms with Crippen LogP contribution < -0.4 is 5.73 Å². The molecule has 0 radical (unpaired) electrons. The van der Waals surface area contributed by atoms with Crippen molar-refractivity contribution in [3.63, 3.8) is 0 Å². The second kappa shape index (κ2) is 14.9. The van der Waals surface area contributed by atoms with Gasteiger partial charge in [-0.3, -0.25) is 0 Å². The van der Waals surface area contributed by atoms with Crippen molar-refractivity contribution in [2.45, 2.75) is 161 Å². The molecule has 0 aliphatic carbocycles. The zero-order valence-corrected chi connectivity index (χ0v) is 19.1. The van der Waals surface area contributed by atoms with E-state index in [0.717, 1.165) is 12.8 Å². The van der Waals surface area contributed by atoms with E-state index in [-0.39, 0.29) is 11.3 Å². The van der Waals surface area contributed by atoms with E-state index in [2.05, 4.69) is 20.8 Å². The minimum Gasteiger partial charge on any atom is -0.347 e. The lowest BCUT2D eigenvalue weighted by atomic mass is 9.88. The highest BCUT2D eigenvalue weighted by Crippen LogP contribution is 2.52. The molecule has 2 unspecified atom stereocenters. The lowest BCUT2D eigenvalue weighted by Crippen LogP contribution is -2.34. The third-order valence-corrected chi connectivity index (χ3v) is 6.76. The van der Waals surface area contributed by atoms with E-state index in [4.69, 9.17) is 10.5 Å². The molecule has 2 heteroatoms. The van der Waals surface area contributed by atoms with Crippen LogP contribution in [0.1, 0.15) is 149 Å².